The number of fused-ring (bicyclic) bond motifs is 2. The standard InChI is InChI=1S/C27H23N7OS/c1-27(2,3)26(35)30-16-10-15(12-28-13-16)20-11-18-21(14-29-20)33-34-24(18)25-31-19-7-4-6-17(23(19)32-25)22-8-5-9-36-22/h4-14H,1-3H3,(H,30,35)(H,31,32)(H,33,34). The minimum absolute atomic E-state index is 0.0752. The Kier molecular flexibility index (Phi) is 5.15. The minimum Gasteiger partial charge on any atom is -0.337 e. The van der Waals surface area contributed by atoms with E-state index < -0.39 is 5.41 Å². The first-order valence-corrected chi connectivity index (χ1v) is 12.4. The summed E-state index contributed by atoms with van der Waals surface area (Å²) in [6, 6.07) is 14.1. The Morgan fingerprint density at radius 1 is 1.03 bits per heavy atom. The number of para-hydroxylation sites is 1. The van der Waals surface area contributed by atoms with E-state index in [4.69, 9.17) is 4.98 Å². The number of carbonyl (C=O) groups is 1. The lowest BCUT2D eigenvalue weighted by Crippen LogP contribution is -2.27. The van der Waals surface area contributed by atoms with Crippen LogP contribution in [-0.2, 0) is 4.79 Å². The Balaban J connectivity index is 1.40. The number of hydrogen-bond acceptors (Lipinski definition) is 6. The molecule has 0 unspecified atom stereocenters. The van der Waals surface area contributed by atoms with Gasteiger partial charge in [0.1, 0.15) is 5.69 Å². The van der Waals surface area contributed by atoms with Crippen LogP contribution in [0.1, 0.15) is 20.8 Å². The van der Waals surface area contributed by atoms with Gasteiger partial charge in [-0.1, -0.05) is 39.0 Å². The minimum atomic E-state index is -0.505. The van der Waals surface area contributed by atoms with E-state index in [-0.39, 0.29) is 5.91 Å². The van der Waals surface area contributed by atoms with Gasteiger partial charge in [0, 0.05) is 33.0 Å². The summed E-state index contributed by atoms with van der Waals surface area (Å²) >= 11 is 1.69. The second kappa shape index (κ2) is 8.39. The molecule has 0 bridgehead atoms. The number of hydrogen-bond donors (Lipinski definition) is 3. The molecule has 6 rings (SSSR count). The van der Waals surface area contributed by atoms with Crippen LogP contribution in [0.15, 0.2) is 66.4 Å². The van der Waals surface area contributed by atoms with Crippen LogP contribution in [0.2, 0.25) is 0 Å². The number of aromatic amines is 2. The SMILES string of the molecule is CC(C)(C)C(=O)Nc1cncc(-c2cc3c(-c4nc5c(-c6cccs6)cccc5[nH]4)n[nH]c3cn2)c1. The van der Waals surface area contributed by atoms with Crippen LogP contribution in [0.25, 0.3) is 55.2 Å². The van der Waals surface area contributed by atoms with Crippen LogP contribution >= 0.6 is 11.3 Å². The number of benzene rings is 1. The van der Waals surface area contributed by atoms with Crippen molar-refractivity contribution in [2.24, 2.45) is 5.41 Å². The molecule has 8 nitrogen and oxygen atoms in total. The molecule has 0 atom stereocenters. The number of thiophene rings is 1. The molecule has 0 aliphatic rings. The Labute approximate surface area is 210 Å². The number of aromatic nitrogens is 6. The lowest BCUT2D eigenvalue weighted by molar-refractivity contribution is -0.123. The average Bonchev–Trinajstić information content (AvgIpc) is 3.62. The molecule has 1 aromatic carbocycles. The molecular weight excluding hydrogens is 470 g/mol. The third-order valence-electron chi connectivity index (χ3n) is 5.94. The summed E-state index contributed by atoms with van der Waals surface area (Å²) in [5, 5.41) is 13.5. The number of pyridine rings is 2. The number of H-pyrrole nitrogens is 2. The summed E-state index contributed by atoms with van der Waals surface area (Å²) in [5.41, 5.74) is 6.10. The zero-order valence-corrected chi connectivity index (χ0v) is 20.8. The van der Waals surface area contributed by atoms with Crippen molar-refractivity contribution in [2.75, 3.05) is 5.32 Å². The topological polar surface area (TPSA) is 112 Å². The second-order valence-corrected chi connectivity index (χ2v) is 10.6. The first-order valence-electron chi connectivity index (χ1n) is 11.5. The molecule has 178 valence electrons. The molecular formula is C27H23N7OS. The van der Waals surface area contributed by atoms with Crippen molar-refractivity contribution in [3.63, 3.8) is 0 Å². The molecule has 0 saturated carbocycles. The largest absolute Gasteiger partial charge is 0.337 e. The molecule has 0 aliphatic carbocycles. The lowest BCUT2D eigenvalue weighted by Gasteiger charge is -2.17. The van der Waals surface area contributed by atoms with E-state index in [0.29, 0.717) is 17.2 Å². The molecule has 0 radical (unpaired) electrons. The maximum Gasteiger partial charge on any atom is 0.229 e. The predicted molar refractivity (Wildman–Crippen MR) is 144 cm³/mol. The third kappa shape index (κ3) is 3.93. The van der Waals surface area contributed by atoms with Crippen molar-refractivity contribution in [1.29, 1.82) is 0 Å². The first-order chi connectivity index (χ1) is 17.4. The summed E-state index contributed by atoms with van der Waals surface area (Å²) in [6.07, 6.45) is 5.12. The molecule has 0 fully saturated rings. The average molecular weight is 494 g/mol. The van der Waals surface area contributed by atoms with Crippen LogP contribution in [0.3, 0.4) is 0 Å². The first kappa shape index (κ1) is 22.1. The number of imidazole rings is 1. The molecule has 1 amide bonds. The number of nitrogens with one attached hydrogen (secondary N) is 3. The van der Waals surface area contributed by atoms with E-state index in [1.165, 1.54) is 4.88 Å². The van der Waals surface area contributed by atoms with Gasteiger partial charge in [0.25, 0.3) is 0 Å². The Bertz CT molecular complexity index is 1720. The fourth-order valence-corrected chi connectivity index (χ4v) is 4.75. The van der Waals surface area contributed by atoms with Crippen molar-refractivity contribution >= 4 is 44.9 Å². The highest BCUT2D eigenvalue weighted by molar-refractivity contribution is 7.13. The van der Waals surface area contributed by atoms with Gasteiger partial charge < -0.3 is 10.3 Å². The quantitative estimate of drug-likeness (QED) is 0.268. The fourth-order valence-electron chi connectivity index (χ4n) is 4.00. The van der Waals surface area contributed by atoms with Crippen molar-refractivity contribution < 1.29 is 4.79 Å². The second-order valence-electron chi connectivity index (χ2n) is 9.62. The normalized spacial score (nSPS) is 11.9. The fraction of sp³-hybridized carbons (Fsp3) is 0.148. The molecule has 3 N–H and O–H groups in total. The summed E-state index contributed by atoms with van der Waals surface area (Å²) in [4.78, 5) is 30.8. The smallest absolute Gasteiger partial charge is 0.229 e. The van der Waals surface area contributed by atoms with Gasteiger partial charge >= 0.3 is 0 Å². The van der Waals surface area contributed by atoms with Crippen LogP contribution in [0, 0.1) is 5.41 Å². The predicted octanol–water partition coefficient (Wildman–Crippen LogP) is 6.28. The highest BCUT2D eigenvalue weighted by atomic mass is 32.1. The van der Waals surface area contributed by atoms with E-state index in [0.717, 1.165) is 38.8 Å². The monoisotopic (exact) mass is 493 g/mol. The maximum absolute atomic E-state index is 12.4. The van der Waals surface area contributed by atoms with Crippen LogP contribution in [0.4, 0.5) is 5.69 Å². The van der Waals surface area contributed by atoms with Crippen molar-refractivity contribution in [1.82, 2.24) is 30.1 Å². The molecule has 5 heterocycles. The summed E-state index contributed by atoms with van der Waals surface area (Å²) in [6.45, 7) is 5.62. The van der Waals surface area contributed by atoms with Crippen LogP contribution in [-0.4, -0.2) is 36.0 Å². The zero-order valence-electron chi connectivity index (χ0n) is 20.0. The van der Waals surface area contributed by atoms with Crippen molar-refractivity contribution in [3.05, 3.63) is 66.4 Å². The summed E-state index contributed by atoms with van der Waals surface area (Å²) in [5.74, 6) is 0.607. The maximum atomic E-state index is 12.4. The van der Waals surface area contributed by atoms with E-state index in [9.17, 15) is 4.79 Å². The van der Waals surface area contributed by atoms with Gasteiger partial charge in [0.2, 0.25) is 5.91 Å². The van der Waals surface area contributed by atoms with Gasteiger partial charge in [-0.05, 0) is 29.6 Å². The third-order valence-corrected chi connectivity index (χ3v) is 6.85. The molecule has 0 spiro atoms. The van der Waals surface area contributed by atoms with Gasteiger partial charge in [0.15, 0.2) is 5.82 Å². The molecule has 0 aliphatic heterocycles. The number of rotatable bonds is 4. The van der Waals surface area contributed by atoms with E-state index >= 15 is 0 Å². The summed E-state index contributed by atoms with van der Waals surface area (Å²) < 4.78 is 0. The van der Waals surface area contributed by atoms with Crippen molar-refractivity contribution in [2.45, 2.75) is 20.8 Å². The van der Waals surface area contributed by atoms with E-state index in [2.05, 4.69) is 48.0 Å². The highest BCUT2D eigenvalue weighted by Gasteiger charge is 2.21. The molecule has 6 aromatic rings. The van der Waals surface area contributed by atoms with Gasteiger partial charge in [-0.15, -0.1) is 11.3 Å². The molecule has 5 aromatic heterocycles. The number of nitrogens with zero attached hydrogens (tertiary/aromatic N) is 4. The Morgan fingerprint density at radius 3 is 2.72 bits per heavy atom. The van der Waals surface area contributed by atoms with E-state index in [1.54, 1.807) is 29.9 Å². The van der Waals surface area contributed by atoms with Gasteiger partial charge in [-0.25, -0.2) is 4.98 Å². The molecule has 0 saturated heterocycles. The van der Waals surface area contributed by atoms with Crippen molar-refractivity contribution in [3.8, 4) is 33.2 Å². The lowest BCUT2D eigenvalue weighted by atomic mass is 9.95. The van der Waals surface area contributed by atoms with Gasteiger partial charge in [-0.3, -0.25) is 19.9 Å². The number of amides is 1. The van der Waals surface area contributed by atoms with E-state index in [1.807, 2.05) is 51.1 Å². The molecule has 9 heteroatoms. The van der Waals surface area contributed by atoms with Gasteiger partial charge in [0.05, 0.1) is 40.3 Å². The van der Waals surface area contributed by atoms with Crippen LogP contribution in [0.5, 0.6) is 0 Å². The summed E-state index contributed by atoms with van der Waals surface area (Å²) in [7, 11) is 0. The number of anilines is 1. The van der Waals surface area contributed by atoms with Crippen LogP contribution < -0.4 is 5.32 Å². The zero-order chi connectivity index (χ0) is 24.9. The molecule has 36 heavy (non-hydrogen) atoms. The number of carbonyl (C=O) groups excluding carboxylic acids is 1. The Hall–Kier alpha value is -4.37. The van der Waals surface area contributed by atoms with Gasteiger partial charge in [-0.2, -0.15) is 5.10 Å². The Morgan fingerprint density at radius 2 is 1.92 bits per heavy atom. The highest BCUT2D eigenvalue weighted by Crippen LogP contribution is 2.34.